The molecule has 20 heavy (non-hydrogen) atoms. The molecule has 0 aliphatic rings. The van der Waals surface area contributed by atoms with E-state index in [4.69, 9.17) is 0 Å². The van der Waals surface area contributed by atoms with Gasteiger partial charge in [0.2, 0.25) is 0 Å². The predicted octanol–water partition coefficient (Wildman–Crippen LogP) is 4.36. The molecule has 0 heterocycles. The fourth-order valence-corrected chi connectivity index (χ4v) is 2.06. The summed E-state index contributed by atoms with van der Waals surface area (Å²) in [5, 5.41) is 2.58. The molecule has 0 aromatic heterocycles. The third kappa shape index (κ3) is 4.91. The number of aryl methyl sites for hydroxylation is 1. The Kier molecular flexibility index (Phi) is 7.20. The van der Waals surface area contributed by atoms with Gasteiger partial charge < -0.3 is 5.32 Å². The Morgan fingerprint density at radius 3 is 2.45 bits per heavy atom. The zero-order chi connectivity index (χ0) is 15.0. The number of halogens is 2. The maximum absolute atomic E-state index is 13.7. The van der Waals surface area contributed by atoms with Gasteiger partial charge in [0.05, 0.1) is 0 Å². The molecule has 0 saturated carbocycles. The van der Waals surface area contributed by atoms with Gasteiger partial charge in [0.25, 0.3) is 5.91 Å². The summed E-state index contributed by atoms with van der Waals surface area (Å²) >= 11 is 0. The minimum Gasteiger partial charge on any atom is -0.352 e. The van der Waals surface area contributed by atoms with Crippen LogP contribution in [0.3, 0.4) is 0 Å². The van der Waals surface area contributed by atoms with E-state index >= 15 is 0 Å². The quantitative estimate of drug-likeness (QED) is 0.705. The number of benzene rings is 1. The van der Waals surface area contributed by atoms with Gasteiger partial charge in [0.15, 0.2) is 0 Å². The number of nitrogens with one attached hydrogen (secondary N) is 1. The number of carbonyl (C=O) groups is 1. The minimum atomic E-state index is -0.812. The number of amides is 1. The van der Waals surface area contributed by atoms with Crippen LogP contribution in [-0.4, -0.2) is 12.5 Å². The molecule has 0 bridgehead atoms. The van der Waals surface area contributed by atoms with Crippen LogP contribution in [0.5, 0.6) is 0 Å². The van der Waals surface area contributed by atoms with Crippen molar-refractivity contribution >= 4 is 5.91 Å². The van der Waals surface area contributed by atoms with Crippen LogP contribution < -0.4 is 5.32 Å². The maximum Gasteiger partial charge on any atom is 0.257 e. The first-order valence-corrected chi connectivity index (χ1v) is 7.30. The standard InChI is InChI=1S/C16H23F2NO/c1-3-4-5-6-7-8-11-19-16(20)14-13(17)10-9-12(2)15(14)18/h9-10H,3-8,11H2,1-2H3,(H,19,20). The van der Waals surface area contributed by atoms with E-state index in [9.17, 15) is 13.6 Å². The van der Waals surface area contributed by atoms with Gasteiger partial charge in [-0.1, -0.05) is 45.1 Å². The normalized spacial score (nSPS) is 10.6. The third-order valence-electron chi connectivity index (χ3n) is 3.33. The lowest BCUT2D eigenvalue weighted by Crippen LogP contribution is -2.26. The molecule has 0 aliphatic carbocycles. The lowest BCUT2D eigenvalue weighted by atomic mass is 10.1. The highest BCUT2D eigenvalue weighted by Crippen LogP contribution is 2.16. The summed E-state index contributed by atoms with van der Waals surface area (Å²) < 4.78 is 27.2. The van der Waals surface area contributed by atoms with Gasteiger partial charge in [0.1, 0.15) is 17.2 Å². The van der Waals surface area contributed by atoms with Crippen LogP contribution in [0.1, 0.15) is 61.4 Å². The van der Waals surface area contributed by atoms with E-state index < -0.39 is 23.1 Å². The van der Waals surface area contributed by atoms with E-state index in [1.807, 2.05) is 0 Å². The zero-order valence-electron chi connectivity index (χ0n) is 12.3. The van der Waals surface area contributed by atoms with E-state index in [2.05, 4.69) is 12.2 Å². The molecule has 0 aliphatic heterocycles. The molecule has 1 amide bonds. The summed E-state index contributed by atoms with van der Waals surface area (Å²) in [4.78, 5) is 11.8. The van der Waals surface area contributed by atoms with Crippen LogP contribution in [0.25, 0.3) is 0 Å². The first-order valence-electron chi connectivity index (χ1n) is 7.30. The Bertz CT molecular complexity index is 446. The first-order chi connectivity index (χ1) is 9.57. The lowest BCUT2D eigenvalue weighted by Gasteiger charge is -2.08. The molecule has 0 radical (unpaired) electrons. The van der Waals surface area contributed by atoms with Crippen LogP contribution in [0.2, 0.25) is 0 Å². The highest BCUT2D eigenvalue weighted by molar-refractivity contribution is 5.94. The van der Waals surface area contributed by atoms with Crippen LogP contribution >= 0.6 is 0 Å². The van der Waals surface area contributed by atoms with Gasteiger partial charge in [-0.15, -0.1) is 0 Å². The Morgan fingerprint density at radius 1 is 1.10 bits per heavy atom. The molecule has 1 aromatic carbocycles. The topological polar surface area (TPSA) is 29.1 Å². The number of carbonyl (C=O) groups excluding carboxylic acids is 1. The smallest absolute Gasteiger partial charge is 0.257 e. The van der Waals surface area contributed by atoms with Crippen molar-refractivity contribution in [2.45, 2.75) is 52.4 Å². The van der Waals surface area contributed by atoms with Crippen molar-refractivity contribution in [3.05, 3.63) is 34.9 Å². The Labute approximate surface area is 119 Å². The second-order valence-electron chi connectivity index (χ2n) is 5.08. The van der Waals surface area contributed by atoms with Crippen molar-refractivity contribution in [2.24, 2.45) is 0 Å². The third-order valence-corrected chi connectivity index (χ3v) is 3.33. The molecule has 0 fully saturated rings. The van der Waals surface area contributed by atoms with Crippen molar-refractivity contribution in [3.8, 4) is 0 Å². The number of hydrogen-bond donors (Lipinski definition) is 1. The van der Waals surface area contributed by atoms with E-state index in [0.29, 0.717) is 6.54 Å². The molecule has 0 spiro atoms. The Balaban J connectivity index is 2.38. The molecule has 0 atom stereocenters. The van der Waals surface area contributed by atoms with Crippen LogP contribution in [-0.2, 0) is 0 Å². The number of hydrogen-bond acceptors (Lipinski definition) is 1. The number of unbranched alkanes of at least 4 members (excludes halogenated alkanes) is 5. The van der Waals surface area contributed by atoms with Crippen molar-refractivity contribution in [2.75, 3.05) is 6.54 Å². The van der Waals surface area contributed by atoms with Gasteiger partial charge in [0, 0.05) is 6.54 Å². The molecule has 1 N–H and O–H groups in total. The molecule has 1 aromatic rings. The largest absolute Gasteiger partial charge is 0.352 e. The molecular weight excluding hydrogens is 260 g/mol. The number of rotatable bonds is 8. The second kappa shape index (κ2) is 8.67. The second-order valence-corrected chi connectivity index (χ2v) is 5.08. The highest BCUT2D eigenvalue weighted by Gasteiger charge is 2.18. The molecule has 0 saturated heterocycles. The molecule has 0 unspecified atom stereocenters. The van der Waals surface area contributed by atoms with Gasteiger partial charge in [-0.3, -0.25) is 4.79 Å². The zero-order valence-corrected chi connectivity index (χ0v) is 12.3. The van der Waals surface area contributed by atoms with E-state index in [-0.39, 0.29) is 5.56 Å². The summed E-state index contributed by atoms with van der Waals surface area (Å²) in [6.07, 6.45) is 6.63. The molecular formula is C16H23F2NO. The summed E-state index contributed by atoms with van der Waals surface area (Å²) in [5.41, 5.74) is -0.202. The molecule has 112 valence electrons. The summed E-state index contributed by atoms with van der Waals surface area (Å²) in [6, 6.07) is 2.45. The van der Waals surface area contributed by atoms with Crippen molar-refractivity contribution in [3.63, 3.8) is 0 Å². The summed E-state index contributed by atoms with van der Waals surface area (Å²) in [5.74, 6) is -2.25. The van der Waals surface area contributed by atoms with E-state index in [1.54, 1.807) is 0 Å². The lowest BCUT2D eigenvalue weighted by molar-refractivity contribution is 0.0944. The van der Waals surface area contributed by atoms with Gasteiger partial charge in [-0.05, 0) is 25.0 Å². The van der Waals surface area contributed by atoms with Crippen molar-refractivity contribution in [1.29, 1.82) is 0 Å². The monoisotopic (exact) mass is 283 g/mol. The van der Waals surface area contributed by atoms with E-state index in [0.717, 1.165) is 25.3 Å². The van der Waals surface area contributed by atoms with Crippen LogP contribution in [0.4, 0.5) is 8.78 Å². The molecule has 4 heteroatoms. The average molecular weight is 283 g/mol. The van der Waals surface area contributed by atoms with Gasteiger partial charge in [-0.2, -0.15) is 0 Å². The van der Waals surface area contributed by atoms with Crippen LogP contribution in [0.15, 0.2) is 12.1 Å². The van der Waals surface area contributed by atoms with Crippen LogP contribution in [0, 0.1) is 18.6 Å². The van der Waals surface area contributed by atoms with Crippen molar-refractivity contribution < 1.29 is 13.6 Å². The summed E-state index contributed by atoms with van der Waals surface area (Å²) in [7, 11) is 0. The molecule has 2 nitrogen and oxygen atoms in total. The average Bonchev–Trinajstić information content (AvgIpc) is 2.42. The van der Waals surface area contributed by atoms with E-state index in [1.165, 1.54) is 32.3 Å². The Morgan fingerprint density at radius 2 is 1.75 bits per heavy atom. The fraction of sp³-hybridized carbons (Fsp3) is 0.562. The fourth-order valence-electron chi connectivity index (χ4n) is 2.06. The van der Waals surface area contributed by atoms with Crippen molar-refractivity contribution in [1.82, 2.24) is 5.32 Å². The highest BCUT2D eigenvalue weighted by atomic mass is 19.1. The SMILES string of the molecule is CCCCCCCCNC(=O)c1c(F)ccc(C)c1F. The minimum absolute atomic E-state index is 0.274. The maximum atomic E-state index is 13.7. The van der Waals surface area contributed by atoms with Gasteiger partial charge >= 0.3 is 0 Å². The van der Waals surface area contributed by atoms with Gasteiger partial charge in [-0.25, -0.2) is 8.78 Å². The first kappa shape index (κ1) is 16.6. The Hall–Kier alpha value is -1.45. The summed E-state index contributed by atoms with van der Waals surface area (Å²) in [6.45, 7) is 4.13. The predicted molar refractivity (Wildman–Crippen MR) is 76.8 cm³/mol. The molecule has 1 rings (SSSR count).